The minimum Gasteiger partial charge on any atom is -0.497 e. The third kappa shape index (κ3) is 4.88. The molecule has 1 aliphatic heterocycles. The van der Waals surface area contributed by atoms with E-state index in [2.05, 4.69) is 32.3 Å². The lowest BCUT2D eigenvalue weighted by molar-refractivity contribution is -0.124. The largest absolute Gasteiger partial charge is 0.497 e. The number of rotatable bonds is 8. The number of nitrogens with zero attached hydrogens (tertiary/aromatic N) is 7. The lowest BCUT2D eigenvalue weighted by atomic mass is 9.89. The van der Waals surface area contributed by atoms with Gasteiger partial charge in [0.2, 0.25) is 0 Å². The van der Waals surface area contributed by atoms with Crippen LogP contribution in [-0.4, -0.2) is 60.5 Å². The first-order valence-corrected chi connectivity index (χ1v) is 12.6. The molecule has 4 heterocycles. The van der Waals surface area contributed by atoms with Crippen LogP contribution in [0, 0.1) is 26.7 Å². The number of hydrogen-bond donors (Lipinski definition) is 0. The number of carbonyl (C=O) groups excluding carboxylic acids is 1. The molecule has 1 aromatic carbocycles. The highest BCUT2D eigenvalue weighted by molar-refractivity contribution is 5.81. The molecular formula is C27H33N7O2. The predicted molar refractivity (Wildman–Crippen MR) is 136 cm³/mol. The average Bonchev–Trinajstić information content (AvgIpc) is 3.41. The Bertz CT molecular complexity index is 1380. The summed E-state index contributed by atoms with van der Waals surface area (Å²) >= 11 is 0. The highest BCUT2D eigenvalue weighted by Crippen LogP contribution is 2.24. The highest BCUT2D eigenvalue weighted by Gasteiger charge is 2.25. The number of fused-ring (bicyclic) bond motifs is 1. The molecule has 9 nitrogen and oxygen atoms in total. The molecule has 9 heteroatoms. The van der Waals surface area contributed by atoms with Gasteiger partial charge in [-0.2, -0.15) is 9.61 Å². The van der Waals surface area contributed by atoms with Gasteiger partial charge in [0.25, 0.3) is 0 Å². The number of carbonyl (C=O) groups is 1. The molecule has 0 unspecified atom stereocenters. The van der Waals surface area contributed by atoms with Crippen molar-refractivity contribution in [1.82, 2.24) is 34.5 Å². The van der Waals surface area contributed by atoms with Crippen LogP contribution in [0.1, 0.15) is 47.6 Å². The van der Waals surface area contributed by atoms with Crippen molar-refractivity contribution in [2.75, 3.05) is 20.2 Å². The number of ether oxygens (including phenoxy) is 1. The molecule has 188 valence electrons. The summed E-state index contributed by atoms with van der Waals surface area (Å²) in [5.41, 5.74) is 5.04. The van der Waals surface area contributed by atoms with E-state index in [1.165, 1.54) is 5.56 Å². The van der Waals surface area contributed by atoms with Crippen LogP contribution in [0.15, 0.2) is 36.4 Å². The van der Waals surface area contributed by atoms with Crippen LogP contribution in [0.3, 0.4) is 0 Å². The van der Waals surface area contributed by atoms with Crippen molar-refractivity contribution in [3.63, 3.8) is 0 Å². The zero-order valence-electron chi connectivity index (χ0n) is 21.4. The van der Waals surface area contributed by atoms with Gasteiger partial charge < -0.3 is 4.74 Å². The molecule has 4 aromatic rings. The number of aromatic nitrogens is 6. The molecule has 0 amide bonds. The number of piperidine rings is 1. The predicted octanol–water partition coefficient (Wildman–Crippen LogP) is 3.66. The van der Waals surface area contributed by atoms with E-state index in [-0.39, 0.29) is 5.92 Å². The number of likely N-dealkylation sites (tertiary alicyclic amines) is 1. The number of hydrogen-bond acceptors (Lipinski definition) is 7. The van der Waals surface area contributed by atoms with Crippen LogP contribution in [0.25, 0.3) is 11.5 Å². The Labute approximate surface area is 211 Å². The lowest BCUT2D eigenvalue weighted by Crippen LogP contribution is -2.36. The summed E-state index contributed by atoms with van der Waals surface area (Å²) in [5, 5.41) is 17.6. The van der Waals surface area contributed by atoms with Crippen LogP contribution in [0.4, 0.5) is 0 Å². The van der Waals surface area contributed by atoms with Crippen molar-refractivity contribution in [2.45, 2.75) is 53.0 Å². The Hall–Kier alpha value is -3.59. The minimum absolute atomic E-state index is 0.142. The van der Waals surface area contributed by atoms with Gasteiger partial charge in [0, 0.05) is 24.6 Å². The average molecular weight is 488 g/mol. The molecule has 5 rings (SSSR count). The maximum atomic E-state index is 13.1. The molecule has 0 atom stereocenters. The Morgan fingerprint density at radius 1 is 1.06 bits per heavy atom. The summed E-state index contributed by atoms with van der Waals surface area (Å²) in [6.45, 7) is 8.70. The van der Waals surface area contributed by atoms with Crippen LogP contribution < -0.4 is 4.74 Å². The number of methoxy groups -OCH3 is 1. The number of Topliss-reactive ketones (excluding diaryl/α,β-unsaturated/α-hetero) is 1. The molecule has 36 heavy (non-hydrogen) atoms. The first-order chi connectivity index (χ1) is 17.4. The Morgan fingerprint density at radius 2 is 1.86 bits per heavy atom. The van der Waals surface area contributed by atoms with Gasteiger partial charge in [-0.1, -0.05) is 12.1 Å². The van der Waals surface area contributed by atoms with E-state index in [4.69, 9.17) is 9.84 Å². The third-order valence-corrected chi connectivity index (χ3v) is 7.27. The van der Waals surface area contributed by atoms with Crippen LogP contribution >= 0.6 is 0 Å². The van der Waals surface area contributed by atoms with Gasteiger partial charge >= 0.3 is 0 Å². The third-order valence-electron chi connectivity index (χ3n) is 7.27. The van der Waals surface area contributed by atoms with E-state index in [0.29, 0.717) is 30.1 Å². The van der Waals surface area contributed by atoms with Gasteiger partial charge in [0.1, 0.15) is 11.5 Å². The minimum atomic E-state index is 0.142. The summed E-state index contributed by atoms with van der Waals surface area (Å²) in [6.07, 6.45) is 3.09. The normalized spacial score (nSPS) is 15.0. The smallest absolute Gasteiger partial charge is 0.178 e. The van der Waals surface area contributed by atoms with E-state index in [0.717, 1.165) is 61.0 Å². The fourth-order valence-corrected chi connectivity index (χ4v) is 5.15. The molecule has 1 aliphatic rings. The van der Waals surface area contributed by atoms with Crippen LogP contribution in [0.5, 0.6) is 5.75 Å². The lowest BCUT2D eigenvalue weighted by Gasteiger charge is -2.31. The summed E-state index contributed by atoms with van der Waals surface area (Å²) in [4.78, 5) is 15.5. The molecule has 0 spiro atoms. The zero-order chi connectivity index (χ0) is 25.2. The van der Waals surface area contributed by atoms with Gasteiger partial charge in [-0.3, -0.25) is 9.69 Å². The number of aryl methyl sites for hydroxylation is 2. The molecule has 0 aliphatic carbocycles. The maximum Gasteiger partial charge on any atom is 0.178 e. The van der Waals surface area contributed by atoms with Crippen molar-refractivity contribution in [3.05, 3.63) is 64.7 Å². The van der Waals surface area contributed by atoms with Crippen LogP contribution in [-0.2, 0) is 17.8 Å². The number of benzene rings is 1. The summed E-state index contributed by atoms with van der Waals surface area (Å²) in [6, 6.07) is 12.0. The summed E-state index contributed by atoms with van der Waals surface area (Å²) in [7, 11) is 1.69. The second kappa shape index (κ2) is 10.2. The molecule has 0 radical (unpaired) electrons. The maximum absolute atomic E-state index is 13.1. The van der Waals surface area contributed by atoms with E-state index < -0.39 is 0 Å². The van der Waals surface area contributed by atoms with Gasteiger partial charge in [0.05, 0.1) is 12.8 Å². The topological polar surface area (TPSA) is 90.4 Å². The van der Waals surface area contributed by atoms with Gasteiger partial charge in [-0.25, -0.2) is 4.68 Å². The molecule has 0 N–H and O–H groups in total. The summed E-state index contributed by atoms with van der Waals surface area (Å²) < 4.78 is 8.91. The SMILES string of the molecule is COc1cccc(CN2CCC(C(=O)CCc3c(C)nn(-c4ccc5nnc(C)n5n4)c3C)CC2)c1. The fourth-order valence-electron chi connectivity index (χ4n) is 5.15. The van der Waals surface area contributed by atoms with E-state index in [1.54, 1.807) is 11.6 Å². The molecule has 1 saturated heterocycles. The zero-order valence-corrected chi connectivity index (χ0v) is 21.4. The monoisotopic (exact) mass is 487 g/mol. The fraction of sp³-hybridized carbons (Fsp3) is 0.444. The van der Waals surface area contributed by atoms with E-state index in [1.807, 2.05) is 49.7 Å². The summed E-state index contributed by atoms with van der Waals surface area (Å²) in [5.74, 6) is 2.84. The number of ketones is 1. The van der Waals surface area contributed by atoms with Crippen molar-refractivity contribution in [3.8, 4) is 11.6 Å². The van der Waals surface area contributed by atoms with E-state index >= 15 is 0 Å². The molecule has 3 aromatic heterocycles. The molecule has 0 saturated carbocycles. The van der Waals surface area contributed by atoms with Gasteiger partial charge in [0.15, 0.2) is 17.3 Å². The standard InChI is InChI=1S/C27H33N7O2/c1-18-24(19(2)33(30-18)27-11-10-26-29-28-20(3)34(26)31-27)8-9-25(35)22-12-14-32(15-13-22)17-21-6-5-7-23(16-21)36-4/h5-7,10-11,16,22H,8-9,12-15,17H2,1-4H3. The Kier molecular flexibility index (Phi) is 6.82. The second-order valence-electron chi connectivity index (χ2n) is 9.64. The second-order valence-corrected chi connectivity index (χ2v) is 9.64. The highest BCUT2D eigenvalue weighted by atomic mass is 16.5. The van der Waals surface area contributed by atoms with E-state index in [9.17, 15) is 4.79 Å². The molecular weight excluding hydrogens is 454 g/mol. The first kappa shape index (κ1) is 24.1. The van der Waals surface area contributed by atoms with Gasteiger partial charge in [-0.05, 0) is 88.5 Å². The van der Waals surface area contributed by atoms with Crippen molar-refractivity contribution in [1.29, 1.82) is 0 Å². The van der Waals surface area contributed by atoms with Gasteiger partial charge in [-0.15, -0.1) is 15.3 Å². The van der Waals surface area contributed by atoms with Crippen molar-refractivity contribution < 1.29 is 9.53 Å². The van der Waals surface area contributed by atoms with Crippen molar-refractivity contribution >= 4 is 11.4 Å². The molecule has 0 bridgehead atoms. The quantitative estimate of drug-likeness (QED) is 0.375. The Balaban J connectivity index is 1.18. The molecule has 1 fully saturated rings. The van der Waals surface area contributed by atoms with Crippen molar-refractivity contribution in [2.24, 2.45) is 5.92 Å². The first-order valence-electron chi connectivity index (χ1n) is 12.6. The Morgan fingerprint density at radius 3 is 2.64 bits per heavy atom. The van der Waals surface area contributed by atoms with Crippen LogP contribution in [0.2, 0.25) is 0 Å².